The topological polar surface area (TPSA) is 64.3 Å². The summed E-state index contributed by atoms with van der Waals surface area (Å²) in [6, 6.07) is 9.85. The van der Waals surface area contributed by atoms with Gasteiger partial charge in [0.15, 0.2) is 0 Å². The molecular weight excluding hydrogens is 311 g/mol. The third-order valence-electron chi connectivity index (χ3n) is 2.71. The first-order valence-electron chi connectivity index (χ1n) is 6.30. The SMILES string of the molecule is CCOc1cccc(N)c1C(=O)Nc1cc(Cl)cc(Cl)c1. The maximum Gasteiger partial charge on any atom is 0.261 e. The molecule has 0 bridgehead atoms. The monoisotopic (exact) mass is 324 g/mol. The molecule has 2 aromatic carbocycles. The highest BCUT2D eigenvalue weighted by molar-refractivity contribution is 6.35. The molecule has 2 rings (SSSR count). The van der Waals surface area contributed by atoms with Gasteiger partial charge in [-0.3, -0.25) is 4.79 Å². The highest BCUT2D eigenvalue weighted by Crippen LogP contribution is 2.27. The molecule has 6 heteroatoms. The van der Waals surface area contributed by atoms with E-state index in [4.69, 9.17) is 33.7 Å². The summed E-state index contributed by atoms with van der Waals surface area (Å²) in [6.45, 7) is 2.27. The number of nitrogens with one attached hydrogen (secondary N) is 1. The van der Waals surface area contributed by atoms with E-state index in [1.807, 2.05) is 6.92 Å². The second-order valence-corrected chi connectivity index (χ2v) is 5.14. The van der Waals surface area contributed by atoms with Crippen molar-refractivity contribution in [1.29, 1.82) is 0 Å². The molecule has 21 heavy (non-hydrogen) atoms. The summed E-state index contributed by atoms with van der Waals surface area (Å²) in [7, 11) is 0. The van der Waals surface area contributed by atoms with Gasteiger partial charge in [-0.2, -0.15) is 0 Å². The molecule has 0 radical (unpaired) electrons. The molecule has 0 aliphatic rings. The van der Waals surface area contributed by atoms with Gasteiger partial charge in [0.25, 0.3) is 5.91 Å². The van der Waals surface area contributed by atoms with Gasteiger partial charge in [0.05, 0.1) is 6.61 Å². The zero-order valence-electron chi connectivity index (χ0n) is 11.3. The maximum atomic E-state index is 12.4. The van der Waals surface area contributed by atoms with E-state index in [9.17, 15) is 4.79 Å². The first kappa shape index (κ1) is 15.5. The Morgan fingerprint density at radius 3 is 2.52 bits per heavy atom. The second kappa shape index (κ2) is 6.70. The average molecular weight is 325 g/mol. The number of nitrogen functional groups attached to an aromatic ring is 1. The maximum absolute atomic E-state index is 12.4. The van der Waals surface area contributed by atoms with E-state index < -0.39 is 0 Å². The molecule has 1 amide bonds. The molecule has 0 atom stereocenters. The summed E-state index contributed by atoms with van der Waals surface area (Å²) in [5.74, 6) is 0.0537. The molecule has 2 aromatic rings. The predicted octanol–water partition coefficient (Wildman–Crippen LogP) is 4.23. The summed E-state index contributed by atoms with van der Waals surface area (Å²) in [5, 5.41) is 3.58. The van der Waals surface area contributed by atoms with Crippen LogP contribution in [0.5, 0.6) is 5.75 Å². The number of hydrogen-bond donors (Lipinski definition) is 2. The molecule has 4 nitrogen and oxygen atoms in total. The molecule has 0 heterocycles. The Bertz CT molecular complexity index is 654. The van der Waals surface area contributed by atoms with Gasteiger partial charge in [0.1, 0.15) is 11.3 Å². The lowest BCUT2D eigenvalue weighted by molar-refractivity contribution is 0.102. The summed E-state index contributed by atoms with van der Waals surface area (Å²) >= 11 is 11.8. The van der Waals surface area contributed by atoms with E-state index in [2.05, 4.69) is 5.32 Å². The van der Waals surface area contributed by atoms with Gasteiger partial charge in [-0.1, -0.05) is 29.3 Å². The third-order valence-corrected chi connectivity index (χ3v) is 3.14. The van der Waals surface area contributed by atoms with Crippen LogP contribution in [0.15, 0.2) is 36.4 Å². The fourth-order valence-electron chi connectivity index (χ4n) is 1.89. The molecule has 0 saturated carbocycles. The lowest BCUT2D eigenvalue weighted by Crippen LogP contribution is -2.16. The van der Waals surface area contributed by atoms with Crippen molar-refractivity contribution in [3.63, 3.8) is 0 Å². The number of amides is 1. The van der Waals surface area contributed by atoms with E-state index in [0.29, 0.717) is 33.8 Å². The molecule has 0 unspecified atom stereocenters. The third kappa shape index (κ3) is 3.80. The zero-order valence-corrected chi connectivity index (χ0v) is 12.8. The van der Waals surface area contributed by atoms with Crippen LogP contribution in [-0.4, -0.2) is 12.5 Å². The lowest BCUT2D eigenvalue weighted by atomic mass is 10.1. The van der Waals surface area contributed by atoms with Crippen molar-refractivity contribution in [2.75, 3.05) is 17.7 Å². The highest BCUT2D eigenvalue weighted by Gasteiger charge is 2.16. The van der Waals surface area contributed by atoms with Crippen LogP contribution in [0, 0.1) is 0 Å². The Kier molecular flexibility index (Phi) is 4.94. The second-order valence-electron chi connectivity index (χ2n) is 4.27. The molecule has 0 spiro atoms. The highest BCUT2D eigenvalue weighted by atomic mass is 35.5. The number of carbonyl (C=O) groups is 1. The van der Waals surface area contributed by atoms with Crippen molar-refractivity contribution >= 4 is 40.5 Å². The molecule has 110 valence electrons. The molecule has 0 aliphatic carbocycles. The van der Waals surface area contributed by atoms with Crippen molar-refractivity contribution in [3.8, 4) is 5.75 Å². The van der Waals surface area contributed by atoms with Crippen LogP contribution in [0.3, 0.4) is 0 Å². The van der Waals surface area contributed by atoms with Crippen molar-refractivity contribution in [2.45, 2.75) is 6.92 Å². The van der Waals surface area contributed by atoms with E-state index in [-0.39, 0.29) is 11.5 Å². The average Bonchev–Trinajstić information content (AvgIpc) is 2.37. The van der Waals surface area contributed by atoms with Gasteiger partial charge in [0.2, 0.25) is 0 Å². The van der Waals surface area contributed by atoms with E-state index in [1.54, 1.807) is 36.4 Å². The summed E-state index contributed by atoms with van der Waals surface area (Å²) in [5.41, 5.74) is 6.99. The van der Waals surface area contributed by atoms with Gasteiger partial charge < -0.3 is 15.8 Å². The van der Waals surface area contributed by atoms with Crippen LogP contribution < -0.4 is 15.8 Å². The van der Waals surface area contributed by atoms with Crippen LogP contribution in [0.4, 0.5) is 11.4 Å². The van der Waals surface area contributed by atoms with E-state index in [1.165, 1.54) is 0 Å². The van der Waals surface area contributed by atoms with Gasteiger partial charge in [0, 0.05) is 21.4 Å². The normalized spacial score (nSPS) is 10.2. The number of rotatable bonds is 4. The van der Waals surface area contributed by atoms with Crippen LogP contribution in [0.25, 0.3) is 0 Å². The van der Waals surface area contributed by atoms with Gasteiger partial charge in [-0.15, -0.1) is 0 Å². The minimum atomic E-state index is -0.380. The van der Waals surface area contributed by atoms with Gasteiger partial charge in [-0.25, -0.2) is 0 Å². The molecule has 3 N–H and O–H groups in total. The van der Waals surface area contributed by atoms with Crippen molar-refractivity contribution in [3.05, 3.63) is 52.0 Å². The lowest BCUT2D eigenvalue weighted by Gasteiger charge is -2.13. The zero-order chi connectivity index (χ0) is 15.4. The Hall–Kier alpha value is -1.91. The van der Waals surface area contributed by atoms with E-state index >= 15 is 0 Å². The number of anilines is 2. The number of hydrogen-bond acceptors (Lipinski definition) is 3. The molecule has 0 aliphatic heterocycles. The van der Waals surface area contributed by atoms with Crippen molar-refractivity contribution < 1.29 is 9.53 Å². The van der Waals surface area contributed by atoms with E-state index in [0.717, 1.165) is 0 Å². The fraction of sp³-hybridized carbons (Fsp3) is 0.133. The fourth-order valence-corrected chi connectivity index (χ4v) is 2.41. The summed E-state index contributed by atoms with van der Waals surface area (Å²) in [6.07, 6.45) is 0. The number of benzene rings is 2. The van der Waals surface area contributed by atoms with Crippen LogP contribution in [0.2, 0.25) is 10.0 Å². The largest absolute Gasteiger partial charge is 0.493 e. The minimum absolute atomic E-state index is 0.287. The number of ether oxygens (including phenoxy) is 1. The number of halogens is 2. The first-order valence-corrected chi connectivity index (χ1v) is 7.05. The first-order chi connectivity index (χ1) is 10.0. The summed E-state index contributed by atoms with van der Waals surface area (Å²) in [4.78, 5) is 12.4. The Balaban J connectivity index is 2.32. The number of nitrogens with two attached hydrogens (primary N) is 1. The standard InChI is InChI=1S/C15H14Cl2N2O2/c1-2-21-13-5-3-4-12(18)14(13)15(20)19-11-7-9(16)6-10(17)8-11/h3-8H,2,18H2,1H3,(H,19,20). The Morgan fingerprint density at radius 2 is 1.90 bits per heavy atom. The van der Waals surface area contributed by atoms with Crippen molar-refractivity contribution in [1.82, 2.24) is 0 Å². The molecular formula is C15H14Cl2N2O2. The van der Waals surface area contributed by atoms with Crippen molar-refractivity contribution in [2.24, 2.45) is 0 Å². The Morgan fingerprint density at radius 1 is 1.24 bits per heavy atom. The minimum Gasteiger partial charge on any atom is -0.493 e. The van der Waals surface area contributed by atoms with Crippen LogP contribution in [0.1, 0.15) is 17.3 Å². The number of carbonyl (C=O) groups excluding carboxylic acids is 1. The van der Waals surface area contributed by atoms with Gasteiger partial charge >= 0.3 is 0 Å². The predicted molar refractivity (Wildman–Crippen MR) is 86.4 cm³/mol. The van der Waals surface area contributed by atoms with Crippen LogP contribution in [-0.2, 0) is 0 Å². The van der Waals surface area contributed by atoms with Crippen LogP contribution >= 0.6 is 23.2 Å². The molecule has 0 aromatic heterocycles. The Labute approximate surface area is 132 Å². The summed E-state index contributed by atoms with van der Waals surface area (Å²) < 4.78 is 5.43. The smallest absolute Gasteiger partial charge is 0.261 e. The van der Waals surface area contributed by atoms with Gasteiger partial charge in [-0.05, 0) is 37.3 Å². The quantitative estimate of drug-likeness (QED) is 0.827. The molecule has 0 fully saturated rings. The molecule has 0 saturated heterocycles.